The summed E-state index contributed by atoms with van der Waals surface area (Å²) >= 11 is 10.5. The van der Waals surface area contributed by atoms with Gasteiger partial charge in [0.25, 0.3) is 0 Å². The van der Waals surface area contributed by atoms with Gasteiger partial charge in [0.2, 0.25) is 0 Å². The first-order chi connectivity index (χ1) is 3.72. The fourth-order valence-corrected chi connectivity index (χ4v) is 0.390. The molecule has 0 aliphatic carbocycles. The Bertz CT molecular complexity index is 101. The molecule has 46 valence electrons. The summed E-state index contributed by atoms with van der Waals surface area (Å²) in [6.07, 6.45) is -1.14. The summed E-state index contributed by atoms with van der Waals surface area (Å²) in [5.41, 5.74) is 0. The quantitative estimate of drug-likeness (QED) is 0.470. The zero-order chi connectivity index (χ0) is 6.57. The molecule has 0 rings (SSSR count). The van der Waals surface area contributed by atoms with E-state index in [0.29, 0.717) is 0 Å². The number of rotatable bonds is 2. The van der Waals surface area contributed by atoms with Crippen LogP contribution < -0.4 is 0 Å². The topological polar surface area (TPSA) is 44.0 Å². The lowest BCUT2D eigenvalue weighted by molar-refractivity contribution is 0.230. The number of nitrogens with zero attached hydrogens (tertiary/aromatic N) is 1. The molecular weight excluding hydrogens is 149 g/mol. The summed E-state index contributed by atoms with van der Waals surface area (Å²) < 4.78 is 0. The Balaban J connectivity index is 3.49. The third-order valence-corrected chi connectivity index (χ3v) is 1.51. The molecule has 0 saturated carbocycles. The fraction of sp³-hybridized carbons (Fsp3) is 0.750. The number of halogens is 2. The summed E-state index contributed by atoms with van der Waals surface area (Å²) in [5, 5.41) is 15.9. The van der Waals surface area contributed by atoms with E-state index in [2.05, 4.69) is 0 Å². The molecule has 0 heterocycles. The van der Waals surface area contributed by atoms with E-state index in [1.54, 1.807) is 6.07 Å². The predicted octanol–water partition coefficient (Wildman–Crippen LogP) is 0.717. The minimum Gasteiger partial charge on any atom is -0.377 e. The third-order valence-electron chi connectivity index (χ3n) is 0.622. The lowest BCUT2D eigenvalue weighted by atomic mass is 10.3. The van der Waals surface area contributed by atoms with Gasteiger partial charge in [0.1, 0.15) is 0 Å². The Morgan fingerprint density at radius 1 is 1.75 bits per heavy atom. The van der Waals surface area contributed by atoms with Crippen molar-refractivity contribution in [1.82, 2.24) is 0 Å². The summed E-state index contributed by atoms with van der Waals surface area (Å²) in [5.74, 6) is 0.0935. The molecule has 0 aliphatic rings. The van der Waals surface area contributed by atoms with Gasteiger partial charge in [-0.3, -0.25) is 0 Å². The number of aliphatic hydroxyl groups is 1. The van der Waals surface area contributed by atoms with Gasteiger partial charge in [-0.2, -0.15) is 5.26 Å². The van der Waals surface area contributed by atoms with Gasteiger partial charge in [-0.25, -0.2) is 0 Å². The fourth-order valence-electron chi connectivity index (χ4n) is 0.165. The monoisotopic (exact) mass is 153 g/mol. The van der Waals surface area contributed by atoms with E-state index in [1.807, 2.05) is 0 Å². The first-order valence-corrected chi connectivity index (χ1v) is 2.97. The van der Waals surface area contributed by atoms with Gasteiger partial charge in [-0.15, -0.1) is 23.2 Å². The highest BCUT2D eigenvalue weighted by molar-refractivity contribution is 6.28. The highest BCUT2D eigenvalue weighted by Crippen LogP contribution is 2.03. The van der Waals surface area contributed by atoms with E-state index in [4.69, 9.17) is 33.6 Å². The molecule has 0 amide bonds. The normalized spacial score (nSPS) is 16.8. The Kier molecular flexibility index (Phi) is 3.98. The summed E-state index contributed by atoms with van der Waals surface area (Å²) in [4.78, 5) is 0. The molecule has 4 heteroatoms. The number of nitriles is 1. The maximum Gasteiger partial charge on any atom is 0.157 e. The van der Waals surface area contributed by atoms with Crippen LogP contribution in [0.1, 0.15) is 0 Å². The Morgan fingerprint density at radius 3 is 2.38 bits per heavy atom. The second kappa shape index (κ2) is 3.96. The highest BCUT2D eigenvalue weighted by Gasteiger charge is 2.12. The molecule has 0 aromatic rings. The van der Waals surface area contributed by atoms with Crippen LogP contribution in [0.5, 0.6) is 0 Å². The molecule has 0 aliphatic heterocycles. The molecule has 2 nitrogen and oxygen atoms in total. The number of hydrogen-bond acceptors (Lipinski definition) is 2. The first kappa shape index (κ1) is 8.03. The Morgan fingerprint density at radius 2 is 2.25 bits per heavy atom. The number of aliphatic hydroxyl groups excluding tert-OH is 1. The standard InChI is InChI=1S/C4H5Cl2NO/c5-1-3(6)4(8)2-7/h3-4,8H,1H2/t3-,4+/m0/s1. The van der Waals surface area contributed by atoms with Gasteiger partial charge < -0.3 is 5.11 Å². The van der Waals surface area contributed by atoms with Crippen molar-refractivity contribution in [2.45, 2.75) is 11.5 Å². The van der Waals surface area contributed by atoms with Crippen molar-refractivity contribution in [3.8, 4) is 6.07 Å². The minimum absolute atomic E-state index is 0.0935. The lowest BCUT2D eigenvalue weighted by Gasteiger charge is -2.03. The van der Waals surface area contributed by atoms with Gasteiger partial charge in [0.05, 0.1) is 11.4 Å². The zero-order valence-corrected chi connectivity index (χ0v) is 5.52. The second-order valence-corrected chi connectivity index (χ2v) is 2.11. The van der Waals surface area contributed by atoms with Crippen molar-refractivity contribution in [3.63, 3.8) is 0 Å². The molecule has 2 atom stereocenters. The molecule has 0 unspecified atom stereocenters. The smallest absolute Gasteiger partial charge is 0.157 e. The molecule has 0 aromatic carbocycles. The maximum absolute atomic E-state index is 8.55. The van der Waals surface area contributed by atoms with Crippen LogP contribution in [0.15, 0.2) is 0 Å². The summed E-state index contributed by atoms with van der Waals surface area (Å²) in [7, 11) is 0. The molecule has 0 aromatic heterocycles. The van der Waals surface area contributed by atoms with E-state index in [0.717, 1.165) is 0 Å². The first-order valence-electron chi connectivity index (χ1n) is 2.00. The van der Waals surface area contributed by atoms with Crippen molar-refractivity contribution in [2.24, 2.45) is 0 Å². The van der Waals surface area contributed by atoms with Gasteiger partial charge in [-0.05, 0) is 0 Å². The van der Waals surface area contributed by atoms with E-state index >= 15 is 0 Å². The van der Waals surface area contributed by atoms with Crippen LogP contribution >= 0.6 is 23.2 Å². The Hall–Kier alpha value is 0.0300. The van der Waals surface area contributed by atoms with Gasteiger partial charge in [0, 0.05) is 5.88 Å². The van der Waals surface area contributed by atoms with E-state index in [1.165, 1.54) is 0 Å². The average molecular weight is 154 g/mol. The van der Waals surface area contributed by atoms with Crippen molar-refractivity contribution in [2.75, 3.05) is 5.88 Å². The van der Waals surface area contributed by atoms with Crippen molar-refractivity contribution >= 4 is 23.2 Å². The lowest BCUT2D eigenvalue weighted by Crippen LogP contribution is -2.19. The van der Waals surface area contributed by atoms with Crippen LogP contribution in [0.2, 0.25) is 0 Å². The molecule has 0 bridgehead atoms. The molecule has 0 fully saturated rings. The number of hydrogen-bond donors (Lipinski definition) is 1. The predicted molar refractivity (Wildman–Crippen MR) is 32.0 cm³/mol. The summed E-state index contributed by atoms with van der Waals surface area (Å²) in [6, 6.07) is 1.55. The van der Waals surface area contributed by atoms with E-state index < -0.39 is 11.5 Å². The number of alkyl halides is 2. The Labute approximate surface area is 57.6 Å². The third kappa shape index (κ3) is 2.37. The average Bonchev–Trinajstić information content (AvgIpc) is 1.84. The van der Waals surface area contributed by atoms with Crippen LogP contribution in [0, 0.1) is 11.3 Å². The van der Waals surface area contributed by atoms with E-state index in [9.17, 15) is 0 Å². The molecule has 0 saturated heterocycles. The van der Waals surface area contributed by atoms with Crippen molar-refractivity contribution in [3.05, 3.63) is 0 Å². The van der Waals surface area contributed by atoms with Gasteiger partial charge in [-0.1, -0.05) is 0 Å². The molecular formula is C4H5Cl2NO. The van der Waals surface area contributed by atoms with Crippen LogP contribution in [0.25, 0.3) is 0 Å². The zero-order valence-electron chi connectivity index (χ0n) is 4.01. The minimum atomic E-state index is -1.14. The van der Waals surface area contributed by atoms with Crippen LogP contribution in [-0.4, -0.2) is 22.5 Å². The van der Waals surface area contributed by atoms with Gasteiger partial charge in [0.15, 0.2) is 6.10 Å². The van der Waals surface area contributed by atoms with Crippen LogP contribution in [0.3, 0.4) is 0 Å². The molecule has 0 radical (unpaired) electrons. The molecule has 8 heavy (non-hydrogen) atoms. The van der Waals surface area contributed by atoms with Crippen LogP contribution in [0.4, 0.5) is 0 Å². The summed E-state index contributed by atoms with van der Waals surface area (Å²) in [6.45, 7) is 0. The van der Waals surface area contributed by atoms with Crippen molar-refractivity contribution in [1.29, 1.82) is 5.26 Å². The SMILES string of the molecule is N#C[C@@H](O)[C@@H](Cl)CCl. The van der Waals surface area contributed by atoms with Crippen LogP contribution in [-0.2, 0) is 0 Å². The van der Waals surface area contributed by atoms with E-state index in [-0.39, 0.29) is 5.88 Å². The maximum atomic E-state index is 8.55. The molecule has 1 N–H and O–H groups in total. The molecule has 0 spiro atoms. The highest BCUT2D eigenvalue weighted by atomic mass is 35.5. The van der Waals surface area contributed by atoms with Gasteiger partial charge >= 0.3 is 0 Å². The van der Waals surface area contributed by atoms with Crippen molar-refractivity contribution < 1.29 is 5.11 Å². The second-order valence-electron chi connectivity index (χ2n) is 1.24. The largest absolute Gasteiger partial charge is 0.377 e.